The van der Waals surface area contributed by atoms with Crippen molar-refractivity contribution in [1.82, 2.24) is 0 Å². The smallest absolute Gasteiger partial charge is 0.232 e. The maximum atomic E-state index is 11.8. The Balaban J connectivity index is 2.73. The summed E-state index contributed by atoms with van der Waals surface area (Å²) in [5.74, 6) is 0.102. The lowest BCUT2D eigenvalue weighted by Gasteiger charge is -2.10. The molecule has 0 bridgehead atoms. The molecule has 0 aliphatic carbocycles. The molecular formula is C11H17BrN2O2S. The van der Waals surface area contributed by atoms with Gasteiger partial charge in [-0.05, 0) is 53.9 Å². The molecule has 0 unspecified atom stereocenters. The topological polar surface area (TPSA) is 72.2 Å². The second kappa shape index (κ2) is 6.37. The normalized spacial score (nSPS) is 11.5. The van der Waals surface area contributed by atoms with Gasteiger partial charge in [-0.25, -0.2) is 8.42 Å². The van der Waals surface area contributed by atoms with Crippen LogP contribution in [0, 0.1) is 6.92 Å². The van der Waals surface area contributed by atoms with Gasteiger partial charge in [-0.2, -0.15) is 0 Å². The molecule has 96 valence electrons. The van der Waals surface area contributed by atoms with Gasteiger partial charge in [0.25, 0.3) is 0 Å². The minimum Gasteiger partial charge on any atom is -0.330 e. The highest BCUT2D eigenvalue weighted by atomic mass is 79.9. The highest BCUT2D eigenvalue weighted by molar-refractivity contribution is 9.10. The van der Waals surface area contributed by atoms with Crippen molar-refractivity contribution in [3.63, 3.8) is 0 Å². The Kier molecular flexibility index (Phi) is 5.42. The summed E-state index contributed by atoms with van der Waals surface area (Å²) >= 11 is 3.37. The summed E-state index contributed by atoms with van der Waals surface area (Å²) in [6, 6.07) is 5.46. The van der Waals surface area contributed by atoms with Crippen LogP contribution in [0.4, 0.5) is 5.69 Å². The van der Waals surface area contributed by atoms with Crippen molar-refractivity contribution < 1.29 is 8.42 Å². The number of nitrogens with two attached hydrogens (primary N) is 1. The number of unbranched alkanes of at least 4 members (excludes halogenated alkanes) is 1. The van der Waals surface area contributed by atoms with Crippen LogP contribution in [0.2, 0.25) is 0 Å². The maximum Gasteiger partial charge on any atom is 0.232 e. The maximum absolute atomic E-state index is 11.8. The summed E-state index contributed by atoms with van der Waals surface area (Å²) in [7, 11) is -3.28. The van der Waals surface area contributed by atoms with E-state index in [0.29, 0.717) is 18.7 Å². The molecule has 0 saturated heterocycles. The summed E-state index contributed by atoms with van der Waals surface area (Å²) in [6.07, 6.45) is 1.30. The van der Waals surface area contributed by atoms with Gasteiger partial charge in [-0.3, -0.25) is 4.72 Å². The van der Waals surface area contributed by atoms with Crippen LogP contribution in [0.15, 0.2) is 22.7 Å². The van der Waals surface area contributed by atoms with E-state index >= 15 is 0 Å². The van der Waals surface area contributed by atoms with Gasteiger partial charge in [0.2, 0.25) is 10.0 Å². The Morgan fingerprint density at radius 3 is 2.71 bits per heavy atom. The van der Waals surface area contributed by atoms with E-state index in [1.807, 2.05) is 19.1 Å². The average Bonchev–Trinajstić information content (AvgIpc) is 2.25. The molecule has 4 nitrogen and oxygen atoms in total. The second-order valence-electron chi connectivity index (χ2n) is 3.85. The molecule has 0 atom stereocenters. The Labute approximate surface area is 111 Å². The lowest BCUT2D eigenvalue weighted by Crippen LogP contribution is -2.17. The zero-order valence-corrected chi connectivity index (χ0v) is 12.1. The summed E-state index contributed by atoms with van der Waals surface area (Å²) in [5, 5.41) is 0. The van der Waals surface area contributed by atoms with Crippen molar-refractivity contribution in [2.45, 2.75) is 19.8 Å². The number of nitrogens with one attached hydrogen (secondary N) is 1. The zero-order valence-electron chi connectivity index (χ0n) is 9.74. The van der Waals surface area contributed by atoms with Gasteiger partial charge in [0, 0.05) is 4.47 Å². The van der Waals surface area contributed by atoms with E-state index in [0.717, 1.165) is 16.5 Å². The van der Waals surface area contributed by atoms with E-state index in [-0.39, 0.29) is 5.75 Å². The van der Waals surface area contributed by atoms with Gasteiger partial charge in [0.15, 0.2) is 0 Å². The summed E-state index contributed by atoms with van der Waals surface area (Å²) in [5.41, 5.74) is 6.91. The monoisotopic (exact) mass is 320 g/mol. The Morgan fingerprint density at radius 2 is 2.06 bits per heavy atom. The number of aryl methyl sites for hydroxylation is 1. The number of anilines is 1. The minimum absolute atomic E-state index is 0.102. The molecular weight excluding hydrogens is 304 g/mol. The van der Waals surface area contributed by atoms with Crippen molar-refractivity contribution in [3.05, 3.63) is 28.2 Å². The van der Waals surface area contributed by atoms with Crippen LogP contribution in [0.5, 0.6) is 0 Å². The van der Waals surface area contributed by atoms with E-state index in [1.54, 1.807) is 6.07 Å². The van der Waals surface area contributed by atoms with Crippen LogP contribution in [0.25, 0.3) is 0 Å². The first kappa shape index (κ1) is 14.5. The van der Waals surface area contributed by atoms with E-state index in [1.165, 1.54) is 0 Å². The molecule has 0 aliphatic rings. The molecule has 0 aliphatic heterocycles. The molecule has 1 rings (SSSR count). The van der Waals surface area contributed by atoms with Crippen LogP contribution in [0.1, 0.15) is 18.4 Å². The number of sulfonamides is 1. The first-order valence-corrected chi connectivity index (χ1v) is 7.86. The van der Waals surface area contributed by atoms with Crippen molar-refractivity contribution >= 4 is 31.6 Å². The van der Waals surface area contributed by atoms with E-state index in [2.05, 4.69) is 20.7 Å². The summed E-state index contributed by atoms with van der Waals surface area (Å²) in [4.78, 5) is 0. The van der Waals surface area contributed by atoms with Crippen molar-refractivity contribution in [1.29, 1.82) is 0 Å². The molecule has 0 saturated carbocycles. The minimum atomic E-state index is -3.28. The second-order valence-corrected chi connectivity index (χ2v) is 6.49. The Bertz CT molecular complexity index is 474. The molecule has 0 spiro atoms. The predicted octanol–water partition coefficient (Wildman–Crippen LogP) is 2.24. The molecule has 6 heteroatoms. The van der Waals surface area contributed by atoms with Gasteiger partial charge in [-0.1, -0.05) is 12.1 Å². The van der Waals surface area contributed by atoms with E-state index in [4.69, 9.17) is 5.73 Å². The lowest BCUT2D eigenvalue weighted by atomic mass is 10.2. The average molecular weight is 321 g/mol. The van der Waals surface area contributed by atoms with Crippen LogP contribution in [0.3, 0.4) is 0 Å². The molecule has 3 N–H and O–H groups in total. The lowest BCUT2D eigenvalue weighted by molar-refractivity contribution is 0.597. The number of rotatable bonds is 6. The molecule has 1 aromatic rings. The quantitative estimate of drug-likeness (QED) is 0.789. The molecule has 0 fully saturated rings. The number of halogens is 1. The number of hydrogen-bond donors (Lipinski definition) is 2. The highest BCUT2D eigenvalue weighted by Crippen LogP contribution is 2.26. The largest absolute Gasteiger partial charge is 0.330 e. The van der Waals surface area contributed by atoms with E-state index in [9.17, 15) is 8.42 Å². The van der Waals surface area contributed by atoms with Crippen LogP contribution >= 0.6 is 15.9 Å². The summed E-state index contributed by atoms with van der Waals surface area (Å²) < 4.78 is 26.9. The van der Waals surface area contributed by atoms with Crippen LogP contribution in [-0.2, 0) is 10.0 Å². The van der Waals surface area contributed by atoms with Gasteiger partial charge in [0.05, 0.1) is 11.4 Å². The van der Waals surface area contributed by atoms with Crippen LogP contribution in [-0.4, -0.2) is 20.7 Å². The van der Waals surface area contributed by atoms with E-state index < -0.39 is 10.0 Å². The zero-order chi connectivity index (χ0) is 12.9. The predicted molar refractivity (Wildman–Crippen MR) is 74.6 cm³/mol. The summed E-state index contributed by atoms with van der Waals surface area (Å²) in [6.45, 7) is 2.43. The van der Waals surface area contributed by atoms with Crippen molar-refractivity contribution in [2.24, 2.45) is 5.73 Å². The standard InChI is InChI=1S/C11H17BrN2O2S/c1-9-5-4-6-10(11(9)12)14-17(15,16)8-3-2-7-13/h4-6,14H,2-3,7-8,13H2,1H3. The third kappa shape index (κ3) is 4.65. The van der Waals surface area contributed by atoms with Crippen molar-refractivity contribution in [3.8, 4) is 0 Å². The third-order valence-corrected chi connectivity index (χ3v) is 4.73. The van der Waals surface area contributed by atoms with Crippen LogP contribution < -0.4 is 10.5 Å². The first-order valence-electron chi connectivity index (χ1n) is 5.42. The van der Waals surface area contributed by atoms with Crippen molar-refractivity contribution in [2.75, 3.05) is 17.0 Å². The number of hydrogen-bond acceptors (Lipinski definition) is 3. The first-order chi connectivity index (χ1) is 7.96. The molecule has 0 amide bonds. The number of benzene rings is 1. The Hall–Kier alpha value is -0.590. The SMILES string of the molecule is Cc1cccc(NS(=O)(=O)CCCCN)c1Br. The fourth-order valence-corrected chi connectivity index (χ4v) is 3.07. The fraction of sp³-hybridized carbons (Fsp3) is 0.455. The van der Waals surface area contributed by atoms with Gasteiger partial charge in [0.1, 0.15) is 0 Å². The highest BCUT2D eigenvalue weighted by Gasteiger charge is 2.12. The third-order valence-electron chi connectivity index (χ3n) is 2.32. The molecule has 17 heavy (non-hydrogen) atoms. The molecule has 0 heterocycles. The Morgan fingerprint density at radius 1 is 1.35 bits per heavy atom. The molecule has 1 aromatic carbocycles. The van der Waals surface area contributed by atoms with Gasteiger partial charge < -0.3 is 5.73 Å². The molecule has 0 radical (unpaired) electrons. The van der Waals surface area contributed by atoms with Gasteiger partial charge in [-0.15, -0.1) is 0 Å². The van der Waals surface area contributed by atoms with Gasteiger partial charge >= 0.3 is 0 Å². The fourth-order valence-electron chi connectivity index (χ4n) is 1.38. The molecule has 0 aromatic heterocycles.